The van der Waals surface area contributed by atoms with E-state index in [4.69, 9.17) is 0 Å². The van der Waals surface area contributed by atoms with Crippen LogP contribution in [0.15, 0.2) is 12.1 Å². The van der Waals surface area contributed by atoms with E-state index in [-0.39, 0.29) is 0 Å². The zero-order chi connectivity index (χ0) is 12.0. The van der Waals surface area contributed by atoms with Gasteiger partial charge in [0.2, 0.25) is 0 Å². The van der Waals surface area contributed by atoms with E-state index in [2.05, 4.69) is 37.9 Å². The fourth-order valence-electron chi connectivity index (χ4n) is 3.04. The summed E-state index contributed by atoms with van der Waals surface area (Å²) in [6, 6.07) is 5.04. The van der Waals surface area contributed by atoms with Crippen LogP contribution in [-0.2, 0) is 13.0 Å². The van der Waals surface area contributed by atoms with Gasteiger partial charge in [-0.2, -0.15) is 0 Å². The van der Waals surface area contributed by atoms with Crippen LogP contribution in [0.5, 0.6) is 0 Å². The Kier molecular flexibility index (Phi) is 2.74. The minimum Gasteiger partial charge on any atom is -0.302 e. The van der Waals surface area contributed by atoms with Crippen LogP contribution in [0.1, 0.15) is 60.8 Å². The van der Waals surface area contributed by atoms with E-state index in [0.717, 1.165) is 12.5 Å². The molecule has 0 atom stereocenters. The number of rotatable bonds is 2. The molecule has 0 saturated heterocycles. The van der Waals surface area contributed by atoms with Gasteiger partial charge in [-0.25, -0.2) is 0 Å². The highest BCUT2D eigenvalue weighted by Gasteiger charge is 2.28. The molecule has 0 amide bonds. The molecule has 17 heavy (non-hydrogen) atoms. The molecule has 0 aromatic heterocycles. The molecule has 1 nitrogen and oxygen atoms in total. The number of likely N-dealkylation sites (N-methyl/N-ethyl adjacent to an activating group) is 1. The quantitative estimate of drug-likeness (QED) is 0.748. The fourth-order valence-corrected chi connectivity index (χ4v) is 3.04. The van der Waals surface area contributed by atoms with Crippen LogP contribution in [0.2, 0.25) is 0 Å². The maximum absolute atomic E-state index is 2.53. The average Bonchev–Trinajstić information content (AvgIpc) is 3.10. The SMILES string of the molecule is CC(C)c1cc2c(cc1C1CC1)CN(C)CC2. The summed E-state index contributed by atoms with van der Waals surface area (Å²) < 4.78 is 0. The number of nitrogens with zero attached hydrogens (tertiary/aromatic N) is 1. The van der Waals surface area contributed by atoms with Gasteiger partial charge >= 0.3 is 0 Å². The highest BCUT2D eigenvalue weighted by atomic mass is 15.1. The first-order valence-electron chi connectivity index (χ1n) is 6.99. The maximum Gasteiger partial charge on any atom is 0.0233 e. The molecule has 0 spiro atoms. The average molecular weight is 229 g/mol. The number of hydrogen-bond donors (Lipinski definition) is 0. The molecule has 1 aliphatic carbocycles. The number of benzene rings is 1. The first-order chi connectivity index (χ1) is 8.15. The molecule has 0 N–H and O–H groups in total. The molecular formula is C16H23N. The van der Waals surface area contributed by atoms with Gasteiger partial charge in [0.25, 0.3) is 0 Å². The van der Waals surface area contributed by atoms with Gasteiger partial charge in [0.1, 0.15) is 0 Å². The van der Waals surface area contributed by atoms with E-state index in [1.54, 1.807) is 22.3 Å². The number of fused-ring (bicyclic) bond motifs is 1. The van der Waals surface area contributed by atoms with Crippen molar-refractivity contribution in [3.8, 4) is 0 Å². The topological polar surface area (TPSA) is 3.24 Å². The van der Waals surface area contributed by atoms with Gasteiger partial charge < -0.3 is 4.90 Å². The Morgan fingerprint density at radius 1 is 1.18 bits per heavy atom. The second-order valence-electron chi connectivity index (χ2n) is 6.17. The lowest BCUT2D eigenvalue weighted by Gasteiger charge is -2.27. The molecule has 1 aromatic carbocycles. The molecule has 0 unspecified atom stereocenters. The van der Waals surface area contributed by atoms with Crippen LogP contribution in [0, 0.1) is 0 Å². The monoisotopic (exact) mass is 229 g/mol. The molecule has 1 heteroatoms. The molecule has 3 rings (SSSR count). The third-order valence-electron chi connectivity index (χ3n) is 4.25. The zero-order valence-electron chi connectivity index (χ0n) is 11.3. The van der Waals surface area contributed by atoms with Crippen molar-refractivity contribution >= 4 is 0 Å². The van der Waals surface area contributed by atoms with E-state index in [9.17, 15) is 0 Å². The predicted octanol–water partition coefficient (Wildman–Crippen LogP) is 3.68. The third-order valence-corrected chi connectivity index (χ3v) is 4.25. The molecule has 2 aliphatic rings. The molecule has 1 aromatic rings. The summed E-state index contributed by atoms with van der Waals surface area (Å²) >= 11 is 0. The van der Waals surface area contributed by atoms with E-state index >= 15 is 0 Å². The van der Waals surface area contributed by atoms with Crippen molar-refractivity contribution in [1.82, 2.24) is 4.90 Å². The second-order valence-corrected chi connectivity index (χ2v) is 6.17. The molecule has 0 radical (unpaired) electrons. The maximum atomic E-state index is 2.53. The van der Waals surface area contributed by atoms with Crippen molar-refractivity contribution in [3.05, 3.63) is 34.4 Å². The van der Waals surface area contributed by atoms with Gasteiger partial charge in [-0.15, -0.1) is 0 Å². The summed E-state index contributed by atoms with van der Waals surface area (Å²) in [6.45, 7) is 7.03. The van der Waals surface area contributed by atoms with Crippen LogP contribution in [0.25, 0.3) is 0 Å². The molecule has 0 bridgehead atoms. The molecule has 1 heterocycles. The van der Waals surface area contributed by atoms with Gasteiger partial charge in [-0.05, 0) is 60.4 Å². The van der Waals surface area contributed by atoms with Crippen molar-refractivity contribution in [1.29, 1.82) is 0 Å². The summed E-state index contributed by atoms with van der Waals surface area (Å²) in [5.41, 5.74) is 6.48. The van der Waals surface area contributed by atoms with E-state index in [0.29, 0.717) is 5.92 Å². The standard InChI is InChI=1S/C16H23N/c1-11(2)15-8-13-6-7-17(3)10-14(13)9-16(15)12-4-5-12/h8-9,11-12H,4-7,10H2,1-3H3. The lowest BCUT2D eigenvalue weighted by atomic mass is 9.87. The minimum absolute atomic E-state index is 0.676. The van der Waals surface area contributed by atoms with Gasteiger partial charge in [0.05, 0.1) is 0 Å². The van der Waals surface area contributed by atoms with E-state index < -0.39 is 0 Å². The Hall–Kier alpha value is -0.820. The first kappa shape index (κ1) is 11.3. The Bertz CT molecular complexity index is 429. The largest absolute Gasteiger partial charge is 0.302 e. The molecule has 1 saturated carbocycles. The Labute approximate surface area is 105 Å². The molecule has 1 fully saturated rings. The summed E-state index contributed by atoms with van der Waals surface area (Å²) in [5, 5.41) is 0. The van der Waals surface area contributed by atoms with Gasteiger partial charge in [0.15, 0.2) is 0 Å². The predicted molar refractivity (Wildman–Crippen MR) is 72.5 cm³/mol. The van der Waals surface area contributed by atoms with Crippen molar-refractivity contribution in [2.75, 3.05) is 13.6 Å². The van der Waals surface area contributed by atoms with Gasteiger partial charge in [-0.3, -0.25) is 0 Å². The second kappa shape index (κ2) is 4.13. The van der Waals surface area contributed by atoms with Crippen LogP contribution in [0.4, 0.5) is 0 Å². The summed E-state index contributed by atoms with van der Waals surface area (Å²) in [6.07, 6.45) is 4.05. The van der Waals surface area contributed by atoms with E-state index in [1.807, 2.05) is 0 Å². The summed E-state index contributed by atoms with van der Waals surface area (Å²) in [7, 11) is 2.23. The van der Waals surface area contributed by atoms with Crippen LogP contribution in [-0.4, -0.2) is 18.5 Å². The smallest absolute Gasteiger partial charge is 0.0233 e. The van der Waals surface area contributed by atoms with Crippen LogP contribution >= 0.6 is 0 Å². The molecular weight excluding hydrogens is 206 g/mol. The van der Waals surface area contributed by atoms with E-state index in [1.165, 1.54) is 25.8 Å². The first-order valence-corrected chi connectivity index (χ1v) is 6.99. The van der Waals surface area contributed by atoms with Crippen molar-refractivity contribution < 1.29 is 0 Å². The Morgan fingerprint density at radius 3 is 2.59 bits per heavy atom. The molecule has 1 aliphatic heterocycles. The summed E-state index contributed by atoms with van der Waals surface area (Å²) in [4.78, 5) is 2.44. The highest BCUT2D eigenvalue weighted by molar-refractivity contribution is 5.44. The lowest BCUT2D eigenvalue weighted by Crippen LogP contribution is -2.26. The Balaban J connectivity index is 2.04. The summed E-state index contributed by atoms with van der Waals surface area (Å²) in [5.74, 6) is 1.56. The zero-order valence-corrected chi connectivity index (χ0v) is 11.3. The number of hydrogen-bond acceptors (Lipinski definition) is 1. The fraction of sp³-hybridized carbons (Fsp3) is 0.625. The van der Waals surface area contributed by atoms with Crippen LogP contribution < -0.4 is 0 Å². The normalized spacial score (nSPS) is 20.7. The van der Waals surface area contributed by atoms with Crippen molar-refractivity contribution in [3.63, 3.8) is 0 Å². The van der Waals surface area contributed by atoms with Crippen LogP contribution in [0.3, 0.4) is 0 Å². The third kappa shape index (κ3) is 2.13. The van der Waals surface area contributed by atoms with Crippen molar-refractivity contribution in [2.45, 2.75) is 51.5 Å². The Morgan fingerprint density at radius 2 is 1.94 bits per heavy atom. The highest BCUT2D eigenvalue weighted by Crippen LogP contribution is 2.44. The van der Waals surface area contributed by atoms with Crippen molar-refractivity contribution in [2.24, 2.45) is 0 Å². The minimum atomic E-state index is 0.676. The lowest BCUT2D eigenvalue weighted by molar-refractivity contribution is 0.312. The van der Waals surface area contributed by atoms with Gasteiger partial charge in [0, 0.05) is 13.1 Å². The molecule has 92 valence electrons. The van der Waals surface area contributed by atoms with Gasteiger partial charge in [-0.1, -0.05) is 26.0 Å².